The average molecular weight is 467 g/mol. The summed E-state index contributed by atoms with van der Waals surface area (Å²) in [5, 5.41) is 6.92. The van der Waals surface area contributed by atoms with E-state index < -0.39 is 11.7 Å². The van der Waals surface area contributed by atoms with Gasteiger partial charge in [0.15, 0.2) is 5.82 Å². The van der Waals surface area contributed by atoms with Crippen LogP contribution in [0.5, 0.6) is 5.88 Å². The minimum Gasteiger partial charge on any atom is -0.481 e. The molecule has 34 heavy (non-hydrogen) atoms. The minimum atomic E-state index is -0.417. The lowest BCUT2D eigenvalue weighted by molar-refractivity contribution is 0.102. The highest BCUT2D eigenvalue weighted by Gasteiger charge is 2.29. The van der Waals surface area contributed by atoms with Gasteiger partial charge in [-0.05, 0) is 31.9 Å². The molecular weight excluding hydrogens is 439 g/mol. The Kier molecular flexibility index (Phi) is 6.35. The highest BCUT2D eigenvalue weighted by Crippen LogP contribution is 2.38. The molecular formula is C23H27FN8O2. The van der Waals surface area contributed by atoms with Gasteiger partial charge >= 0.3 is 0 Å². The maximum absolute atomic E-state index is 13.9. The van der Waals surface area contributed by atoms with Crippen LogP contribution in [0, 0.1) is 12.7 Å². The quantitative estimate of drug-likeness (QED) is 0.514. The Labute approximate surface area is 196 Å². The molecule has 3 N–H and O–H groups in total. The Morgan fingerprint density at radius 1 is 1.41 bits per heavy atom. The first kappa shape index (κ1) is 23.0. The van der Waals surface area contributed by atoms with Gasteiger partial charge in [-0.2, -0.15) is 5.10 Å². The molecule has 1 amide bonds. The summed E-state index contributed by atoms with van der Waals surface area (Å²) in [6.45, 7) is 6.74. The van der Waals surface area contributed by atoms with Gasteiger partial charge in [0.1, 0.15) is 23.0 Å². The van der Waals surface area contributed by atoms with E-state index in [0.29, 0.717) is 23.0 Å². The van der Waals surface area contributed by atoms with Gasteiger partial charge in [-0.1, -0.05) is 6.58 Å². The van der Waals surface area contributed by atoms with Crippen LogP contribution >= 0.6 is 0 Å². The van der Waals surface area contributed by atoms with Crippen molar-refractivity contribution in [2.24, 2.45) is 7.05 Å². The number of allylic oxidation sites excluding steroid dienone is 1. The Morgan fingerprint density at radius 2 is 2.21 bits per heavy atom. The number of halogens is 1. The average Bonchev–Trinajstić information content (AvgIpc) is 3.51. The molecule has 178 valence electrons. The molecule has 0 spiro atoms. The Balaban J connectivity index is 1.48. The zero-order chi connectivity index (χ0) is 24.4. The molecule has 0 radical (unpaired) electrons. The molecule has 3 aromatic heterocycles. The number of nitrogens with zero attached hydrogens (tertiary/aromatic N) is 6. The lowest BCUT2D eigenvalue weighted by Gasteiger charge is -2.28. The number of nitrogen functional groups attached to an aromatic ring is 1. The first-order valence-corrected chi connectivity index (χ1v) is 10.8. The van der Waals surface area contributed by atoms with Crippen molar-refractivity contribution in [1.82, 2.24) is 29.2 Å². The van der Waals surface area contributed by atoms with E-state index in [-0.39, 0.29) is 17.4 Å². The molecule has 0 aromatic carbocycles. The van der Waals surface area contributed by atoms with Gasteiger partial charge in [0.2, 0.25) is 5.88 Å². The van der Waals surface area contributed by atoms with Crippen LogP contribution in [0.4, 0.5) is 16.0 Å². The molecule has 3 aromatic rings. The monoisotopic (exact) mass is 466 g/mol. The number of hydrogen-bond acceptors (Lipinski definition) is 7. The van der Waals surface area contributed by atoms with Crippen molar-refractivity contribution in [3.63, 3.8) is 0 Å². The first-order chi connectivity index (χ1) is 16.3. The van der Waals surface area contributed by atoms with Gasteiger partial charge in [-0.3, -0.25) is 4.79 Å². The van der Waals surface area contributed by atoms with Crippen molar-refractivity contribution >= 4 is 23.7 Å². The Morgan fingerprint density at radius 3 is 2.91 bits per heavy atom. The van der Waals surface area contributed by atoms with Crippen LogP contribution in [0.1, 0.15) is 40.6 Å². The molecule has 10 nitrogen and oxygen atoms in total. The smallest absolute Gasteiger partial charge is 0.262 e. The minimum absolute atomic E-state index is 0.117. The van der Waals surface area contributed by atoms with Gasteiger partial charge in [-0.15, -0.1) is 0 Å². The summed E-state index contributed by atoms with van der Waals surface area (Å²) in [7, 11) is 3.36. The maximum atomic E-state index is 13.9. The van der Waals surface area contributed by atoms with E-state index in [1.807, 2.05) is 14.0 Å². The van der Waals surface area contributed by atoms with E-state index >= 15 is 0 Å². The second kappa shape index (κ2) is 9.38. The molecule has 0 bridgehead atoms. The van der Waals surface area contributed by atoms with Gasteiger partial charge in [0.25, 0.3) is 5.91 Å². The molecule has 1 atom stereocenters. The number of hydrogen-bond donors (Lipinski definition) is 2. The van der Waals surface area contributed by atoms with Crippen LogP contribution < -0.4 is 15.8 Å². The number of aromatic nitrogens is 5. The van der Waals surface area contributed by atoms with Gasteiger partial charge in [0, 0.05) is 37.2 Å². The summed E-state index contributed by atoms with van der Waals surface area (Å²) in [6, 6.07) is 1.33. The number of carbonyl (C=O) groups excluding carboxylic acids is 1. The van der Waals surface area contributed by atoms with E-state index in [2.05, 4.69) is 31.9 Å². The summed E-state index contributed by atoms with van der Waals surface area (Å²) >= 11 is 0. The van der Waals surface area contributed by atoms with E-state index in [0.717, 1.165) is 31.4 Å². The topological polar surface area (TPSA) is 116 Å². The van der Waals surface area contributed by atoms with Crippen LogP contribution in [0.15, 0.2) is 43.0 Å². The highest BCUT2D eigenvalue weighted by atomic mass is 19.1. The number of nitrogens with one attached hydrogen (secondary N) is 1. The third kappa shape index (κ3) is 4.49. The van der Waals surface area contributed by atoms with E-state index in [1.165, 1.54) is 24.1 Å². The largest absolute Gasteiger partial charge is 0.481 e. The zero-order valence-corrected chi connectivity index (χ0v) is 19.3. The number of nitrogens with two attached hydrogens (primary N) is 1. The van der Waals surface area contributed by atoms with Crippen molar-refractivity contribution < 1.29 is 13.9 Å². The molecule has 1 aliphatic rings. The number of rotatable bonds is 7. The molecule has 1 saturated heterocycles. The van der Waals surface area contributed by atoms with Crippen molar-refractivity contribution in [2.45, 2.75) is 25.8 Å². The Bertz CT molecular complexity index is 1240. The molecule has 1 fully saturated rings. The fourth-order valence-electron chi connectivity index (χ4n) is 4.01. The predicted octanol–water partition coefficient (Wildman–Crippen LogP) is 3.12. The van der Waals surface area contributed by atoms with Crippen LogP contribution in [-0.2, 0) is 7.05 Å². The molecule has 0 aliphatic carbocycles. The number of aryl methyl sites for hydroxylation is 2. The number of carbonyl (C=O) groups is 1. The highest BCUT2D eigenvalue weighted by molar-refractivity contribution is 6.06. The number of likely N-dealkylation sites (tertiary alicyclic amines) is 1. The fourth-order valence-corrected chi connectivity index (χ4v) is 4.01. The molecule has 0 saturated carbocycles. The predicted molar refractivity (Wildman–Crippen MR) is 126 cm³/mol. The lowest BCUT2D eigenvalue weighted by atomic mass is 10.1. The van der Waals surface area contributed by atoms with Crippen LogP contribution in [-0.4, -0.2) is 48.8 Å². The number of methoxy groups -OCH3 is 1. The van der Waals surface area contributed by atoms with Crippen molar-refractivity contribution in [3.05, 3.63) is 65.8 Å². The number of imidazole rings is 1. The molecule has 0 unspecified atom stereocenters. The van der Waals surface area contributed by atoms with E-state index in [1.54, 1.807) is 23.0 Å². The van der Waals surface area contributed by atoms with Gasteiger partial charge < -0.3 is 25.3 Å². The Hall–Kier alpha value is -4.15. The van der Waals surface area contributed by atoms with E-state index in [4.69, 9.17) is 10.5 Å². The number of anilines is 2. The third-order valence-corrected chi connectivity index (χ3v) is 5.86. The number of ether oxygens (including phenoxy) is 1. The molecule has 4 heterocycles. The zero-order valence-electron chi connectivity index (χ0n) is 19.3. The summed E-state index contributed by atoms with van der Waals surface area (Å²) in [5.74, 6) is 0.961. The molecule has 11 heteroatoms. The van der Waals surface area contributed by atoms with Crippen LogP contribution in [0.2, 0.25) is 0 Å². The maximum Gasteiger partial charge on any atom is 0.262 e. The third-order valence-electron chi connectivity index (χ3n) is 5.86. The summed E-state index contributed by atoms with van der Waals surface area (Å²) < 4.78 is 22.4. The first-order valence-electron chi connectivity index (χ1n) is 10.8. The number of pyridine rings is 1. The van der Waals surface area contributed by atoms with Crippen LogP contribution in [0.3, 0.4) is 0 Å². The standard InChI is InChI=1S/C23H27FN8O2/c1-14(31-8-5-6-19(31)17-10-16(24)11-26-23(17)34-4)7-9-32-21(25)18(12-27-32)22(33)29-20-13-30(3)15(2)28-20/h7,9-13,19H,1,5-6,8,25H2,2-4H3,(H,29,33)/b9-7-/t19-/m1/s1. The van der Waals surface area contributed by atoms with Crippen LogP contribution in [0.25, 0.3) is 6.20 Å². The summed E-state index contributed by atoms with van der Waals surface area (Å²) in [6.07, 6.45) is 9.37. The van der Waals surface area contributed by atoms with Gasteiger partial charge in [0.05, 0.1) is 25.5 Å². The SMILES string of the molecule is C=C(/C=C\n1ncc(C(=O)Nc2cn(C)c(C)n2)c1N)N1CCC[C@@H]1c1cc(F)cnc1OC. The number of amides is 1. The van der Waals surface area contributed by atoms with E-state index in [9.17, 15) is 9.18 Å². The van der Waals surface area contributed by atoms with Crippen molar-refractivity contribution in [2.75, 3.05) is 24.7 Å². The second-order valence-corrected chi connectivity index (χ2v) is 8.04. The van der Waals surface area contributed by atoms with Crippen molar-refractivity contribution in [3.8, 4) is 5.88 Å². The summed E-state index contributed by atoms with van der Waals surface area (Å²) in [5.41, 5.74) is 7.76. The lowest BCUT2D eigenvalue weighted by Crippen LogP contribution is -2.22. The fraction of sp³-hybridized carbons (Fsp3) is 0.304. The second-order valence-electron chi connectivity index (χ2n) is 8.04. The molecule has 1 aliphatic heterocycles. The van der Waals surface area contributed by atoms with Gasteiger partial charge in [-0.25, -0.2) is 19.0 Å². The molecule has 4 rings (SSSR count). The normalized spacial score (nSPS) is 15.8. The van der Waals surface area contributed by atoms with Crippen molar-refractivity contribution in [1.29, 1.82) is 0 Å². The summed E-state index contributed by atoms with van der Waals surface area (Å²) in [4.78, 5) is 23.0.